The molecular weight excluding hydrogens is 256 g/mol. The Morgan fingerprint density at radius 3 is 2.21 bits per heavy atom. The first-order chi connectivity index (χ1) is 6.76. The van der Waals surface area contributed by atoms with Crippen LogP contribution in [0, 0.1) is 0 Å². The van der Waals surface area contributed by atoms with Crippen LogP contribution < -0.4 is 0 Å². The zero-order chi connectivity index (χ0) is 10.8. The number of hydrogen-bond acceptors (Lipinski definition) is 1. The Kier molecular flexibility index (Phi) is 11.0. The molecule has 0 aliphatic rings. The molecule has 0 saturated carbocycles. The molecular formula is C12H25BrS. The summed E-state index contributed by atoms with van der Waals surface area (Å²) in [6.45, 7) is 4.55. The number of unbranched alkanes of at least 4 members (excludes halogenated alkanes) is 3. The third kappa shape index (κ3) is 7.17. The quantitative estimate of drug-likeness (QED) is 0.411. The summed E-state index contributed by atoms with van der Waals surface area (Å²) in [5, 5.41) is 0.821. The smallest absolute Gasteiger partial charge is 0.0264 e. The third-order valence-electron chi connectivity index (χ3n) is 2.61. The number of rotatable bonds is 9. The van der Waals surface area contributed by atoms with Gasteiger partial charge in [0.1, 0.15) is 0 Å². The molecule has 0 nitrogen and oxygen atoms in total. The van der Waals surface area contributed by atoms with Crippen LogP contribution in [0.5, 0.6) is 0 Å². The Labute approximate surface area is 103 Å². The molecule has 0 aromatic rings. The second-order valence-electron chi connectivity index (χ2n) is 3.93. The minimum Gasteiger partial charge on any atom is -0.161 e. The number of hydrogen-bond donors (Lipinski definition) is 0. The van der Waals surface area contributed by atoms with Crippen LogP contribution in [0.3, 0.4) is 0 Å². The van der Waals surface area contributed by atoms with Crippen LogP contribution in [0.2, 0.25) is 0 Å². The minimum absolute atomic E-state index is 0.731. The predicted molar refractivity (Wildman–Crippen MR) is 73.7 cm³/mol. The molecule has 0 saturated heterocycles. The first-order valence-electron chi connectivity index (χ1n) is 5.93. The summed E-state index contributed by atoms with van der Waals surface area (Å²) in [7, 11) is 0. The summed E-state index contributed by atoms with van der Waals surface area (Å²) in [5.41, 5.74) is 0. The van der Waals surface area contributed by atoms with Gasteiger partial charge in [0, 0.05) is 10.1 Å². The molecule has 0 aromatic heterocycles. The summed E-state index contributed by atoms with van der Waals surface area (Å²) in [5.74, 6) is 0. The van der Waals surface area contributed by atoms with Crippen molar-refractivity contribution in [1.82, 2.24) is 0 Å². The lowest BCUT2D eigenvalue weighted by Gasteiger charge is -2.19. The molecule has 0 rings (SSSR count). The van der Waals surface area contributed by atoms with E-state index >= 15 is 0 Å². The van der Waals surface area contributed by atoms with Crippen molar-refractivity contribution in [3.63, 3.8) is 0 Å². The van der Waals surface area contributed by atoms with Gasteiger partial charge in [-0.25, -0.2) is 0 Å². The van der Waals surface area contributed by atoms with Crippen LogP contribution >= 0.6 is 27.7 Å². The molecule has 0 aliphatic carbocycles. The average Bonchev–Trinajstić information content (AvgIpc) is 2.20. The Hall–Kier alpha value is 0.830. The maximum absolute atomic E-state index is 3.84. The van der Waals surface area contributed by atoms with Crippen molar-refractivity contribution >= 4 is 27.7 Å². The van der Waals surface area contributed by atoms with Crippen molar-refractivity contribution in [2.75, 3.05) is 6.26 Å². The van der Waals surface area contributed by atoms with Gasteiger partial charge in [0.2, 0.25) is 0 Å². The highest BCUT2D eigenvalue weighted by Gasteiger charge is 2.15. The van der Waals surface area contributed by atoms with E-state index in [0.717, 1.165) is 10.1 Å². The normalized spacial score (nSPS) is 15.4. The molecule has 0 aromatic carbocycles. The van der Waals surface area contributed by atoms with Gasteiger partial charge in [-0.2, -0.15) is 11.8 Å². The summed E-state index contributed by atoms with van der Waals surface area (Å²) in [4.78, 5) is 0.731. The molecule has 0 amide bonds. The zero-order valence-corrected chi connectivity index (χ0v) is 12.3. The van der Waals surface area contributed by atoms with Gasteiger partial charge in [-0.1, -0.05) is 61.9 Å². The van der Waals surface area contributed by atoms with Crippen molar-refractivity contribution in [2.24, 2.45) is 0 Å². The van der Waals surface area contributed by atoms with Gasteiger partial charge in [-0.05, 0) is 19.1 Å². The van der Waals surface area contributed by atoms with Crippen LogP contribution in [0.25, 0.3) is 0 Å². The molecule has 0 heterocycles. The summed E-state index contributed by atoms with van der Waals surface area (Å²) >= 11 is 5.86. The standard InChI is InChI=1S/C12H25BrS/c1-4-6-7-8-10-11(13)12(14-3)9-5-2/h11-12H,4-10H2,1-3H3. The van der Waals surface area contributed by atoms with E-state index in [9.17, 15) is 0 Å². The highest BCUT2D eigenvalue weighted by molar-refractivity contribution is 9.09. The average molecular weight is 281 g/mol. The molecule has 14 heavy (non-hydrogen) atoms. The summed E-state index contributed by atoms with van der Waals surface area (Å²) < 4.78 is 0. The van der Waals surface area contributed by atoms with Crippen LogP contribution in [-0.2, 0) is 0 Å². The predicted octanol–water partition coefficient (Wildman–Crippen LogP) is 5.25. The van der Waals surface area contributed by atoms with Crippen molar-refractivity contribution in [3.05, 3.63) is 0 Å². The maximum atomic E-state index is 3.84. The first-order valence-corrected chi connectivity index (χ1v) is 8.13. The zero-order valence-electron chi connectivity index (χ0n) is 9.89. The number of thioether (sulfide) groups is 1. The Balaban J connectivity index is 3.52. The molecule has 0 fully saturated rings. The molecule has 2 atom stereocenters. The van der Waals surface area contributed by atoms with E-state index in [1.165, 1.54) is 44.9 Å². The van der Waals surface area contributed by atoms with Crippen molar-refractivity contribution in [2.45, 2.75) is 68.9 Å². The van der Waals surface area contributed by atoms with Gasteiger partial charge in [0.15, 0.2) is 0 Å². The van der Waals surface area contributed by atoms with Crippen LogP contribution in [0.1, 0.15) is 58.8 Å². The lowest BCUT2D eigenvalue weighted by Crippen LogP contribution is -2.16. The molecule has 86 valence electrons. The van der Waals surface area contributed by atoms with Crippen molar-refractivity contribution < 1.29 is 0 Å². The topological polar surface area (TPSA) is 0 Å². The van der Waals surface area contributed by atoms with Crippen molar-refractivity contribution in [1.29, 1.82) is 0 Å². The van der Waals surface area contributed by atoms with E-state index in [4.69, 9.17) is 0 Å². The second-order valence-corrected chi connectivity index (χ2v) is 6.18. The molecule has 0 N–H and O–H groups in total. The van der Waals surface area contributed by atoms with Gasteiger partial charge in [-0.15, -0.1) is 0 Å². The number of halogens is 1. The van der Waals surface area contributed by atoms with E-state index < -0.39 is 0 Å². The monoisotopic (exact) mass is 280 g/mol. The highest BCUT2D eigenvalue weighted by atomic mass is 79.9. The first kappa shape index (κ1) is 14.8. The van der Waals surface area contributed by atoms with Gasteiger partial charge < -0.3 is 0 Å². The fourth-order valence-corrected chi connectivity index (χ4v) is 3.82. The number of alkyl halides is 1. The highest BCUT2D eigenvalue weighted by Crippen LogP contribution is 2.26. The maximum Gasteiger partial charge on any atom is 0.0264 e. The fourth-order valence-electron chi connectivity index (χ4n) is 1.68. The van der Waals surface area contributed by atoms with Gasteiger partial charge in [0.05, 0.1) is 0 Å². The van der Waals surface area contributed by atoms with E-state index in [1.807, 2.05) is 11.8 Å². The second kappa shape index (κ2) is 10.4. The van der Waals surface area contributed by atoms with Gasteiger partial charge in [-0.3, -0.25) is 0 Å². The van der Waals surface area contributed by atoms with Crippen LogP contribution in [0.4, 0.5) is 0 Å². The SMILES string of the molecule is CCCCCCC(Br)C(CCC)SC. The lowest BCUT2D eigenvalue weighted by atomic mass is 10.1. The van der Waals surface area contributed by atoms with E-state index in [2.05, 4.69) is 36.0 Å². The molecule has 0 spiro atoms. The van der Waals surface area contributed by atoms with Gasteiger partial charge in [0.25, 0.3) is 0 Å². The van der Waals surface area contributed by atoms with Crippen LogP contribution in [-0.4, -0.2) is 16.3 Å². The molecule has 2 heteroatoms. The Morgan fingerprint density at radius 2 is 1.71 bits per heavy atom. The molecule has 0 radical (unpaired) electrons. The van der Waals surface area contributed by atoms with Crippen LogP contribution in [0.15, 0.2) is 0 Å². The molecule has 0 aliphatic heterocycles. The summed E-state index contributed by atoms with van der Waals surface area (Å²) in [6, 6.07) is 0. The largest absolute Gasteiger partial charge is 0.161 e. The molecule has 0 bridgehead atoms. The Morgan fingerprint density at radius 1 is 1.00 bits per heavy atom. The lowest BCUT2D eigenvalue weighted by molar-refractivity contribution is 0.595. The van der Waals surface area contributed by atoms with Gasteiger partial charge >= 0.3 is 0 Å². The van der Waals surface area contributed by atoms with E-state index in [-0.39, 0.29) is 0 Å². The Bertz CT molecular complexity index is 117. The third-order valence-corrected chi connectivity index (χ3v) is 5.23. The van der Waals surface area contributed by atoms with E-state index in [0.29, 0.717) is 0 Å². The molecule has 2 unspecified atom stereocenters. The summed E-state index contributed by atoms with van der Waals surface area (Å²) in [6.07, 6.45) is 11.8. The van der Waals surface area contributed by atoms with Crippen molar-refractivity contribution in [3.8, 4) is 0 Å². The minimum atomic E-state index is 0.731. The van der Waals surface area contributed by atoms with E-state index in [1.54, 1.807) is 0 Å². The fraction of sp³-hybridized carbons (Fsp3) is 1.00.